The highest BCUT2D eigenvalue weighted by molar-refractivity contribution is 5.91. The molecule has 0 heterocycles. The van der Waals surface area contributed by atoms with Crippen molar-refractivity contribution in [1.82, 2.24) is 0 Å². The average molecular weight is 386 g/mol. The summed E-state index contributed by atoms with van der Waals surface area (Å²) in [5.41, 5.74) is 2.69. The van der Waals surface area contributed by atoms with Crippen LogP contribution in [-0.4, -0.2) is 28.6 Å². The first-order valence-corrected chi connectivity index (χ1v) is 9.69. The van der Waals surface area contributed by atoms with Crippen LogP contribution in [0.15, 0.2) is 36.4 Å². The van der Waals surface area contributed by atoms with Crippen LogP contribution in [0.1, 0.15) is 70.5 Å². The van der Waals surface area contributed by atoms with Gasteiger partial charge in [0.15, 0.2) is 0 Å². The van der Waals surface area contributed by atoms with E-state index in [1.165, 1.54) is 6.92 Å². The van der Waals surface area contributed by atoms with Gasteiger partial charge in [0.05, 0.1) is 12.6 Å². The standard InChI is InChI=1S/C23H31NO4/c1-18(2)10-9-11-22(26)20-13-15-21(16-14-20)24(19(3)25)17-8-6-4-5-7-12-23(27)28/h13-16,22,26H,1,4-5,7,9-12,17H2,2-3H3,(H,27,28). The number of rotatable bonds is 11. The molecular weight excluding hydrogens is 354 g/mol. The van der Waals surface area contributed by atoms with Crippen molar-refractivity contribution in [2.45, 2.75) is 64.9 Å². The molecule has 0 bridgehead atoms. The fraction of sp³-hybridized carbons (Fsp3) is 0.478. The van der Waals surface area contributed by atoms with Gasteiger partial charge in [0.2, 0.25) is 5.91 Å². The van der Waals surface area contributed by atoms with Crippen molar-refractivity contribution < 1.29 is 19.8 Å². The Morgan fingerprint density at radius 1 is 1.07 bits per heavy atom. The number of carbonyl (C=O) groups is 2. The van der Waals surface area contributed by atoms with Crippen LogP contribution in [0.4, 0.5) is 5.69 Å². The molecule has 0 saturated carbocycles. The zero-order chi connectivity index (χ0) is 20.9. The zero-order valence-electron chi connectivity index (χ0n) is 16.9. The van der Waals surface area contributed by atoms with Crippen molar-refractivity contribution in [3.63, 3.8) is 0 Å². The van der Waals surface area contributed by atoms with E-state index < -0.39 is 12.1 Å². The predicted molar refractivity (Wildman–Crippen MR) is 112 cm³/mol. The number of nitrogens with zero attached hydrogens (tertiary/aromatic N) is 1. The number of unbranched alkanes of at least 4 members (excludes halogenated alkanes) is 2. The summed E-state index contributed by atoms with van der Waals surface area (Å²) < 4.78 is 0. The zero-order valence-corrected chi connectivity index (χ0v) is 16.9. The Balaban J connectivity index is 2.58. The third-order valence-corrected chi connectivity index (χ3v) is 4.36. The monoisotopic (exact) mass is 385 g/mol. The molecule has 152 valence electrons. The van der Waals surface area contributed by atoms with Crippen LogP contribution in [0.3, 0.4) is 0 Å². The van der Waals surface area contributed by atoms with E-state index in [-0.39, 0.29) is 18.9 Å². The first-order chi connectivity index (χ1) is 13.3. The highest BCUT2D eigenvalue weighted by atomic mass is 16.4. The van der Waals surface area contributed by atoms with Crippen LogP contribution in [0, 0.1) is 11.8 Å². The van der Waals surface area contributed by atoms with Crippen LogP contribution in [0.25, 0.3) is 0 Å². The van der Waals surface area contributed by atoms with Crippen molar-refractivity contribution >= 4 is 17.6 Å². The molecule has 0 aromatic heterocycles. The summed E-state index contributed by atoms with van der Waals surface area (Å²) in [6.45, 7) is 7.63. The third kappa shape index (κ3) is 9.38. The average Bonchev–Trinajstić information content (AvgIpc) is 2.63. The van der Waals surface area contributed by atoms with Gasteiger partial charge in [-0.25, -0.2) is 0 Å². The fourth-order valence-corrected chi connectivity index (χ4v) is 2.74. The number of anilines is 1. The summed E-state index contributed by atoms with van der Waals surface area (Å²) in [5, 5.41) is 18.9. The van der Waals surface area contributed by atoms with E-state index in [9.17, 15) is 14.7 Å². The molecule has 1 aromatic rings. The SMILES string of the molecule is C=C(C)CCCC(O)c1ccc(N(CC#CCCCCC(=O)O)C(C)=O)cc1. The number of hydrogen-bond donors (Lipinski definition) is 2. The highest BCUT2D eigenvalue weighted by Crippen LogP contribution is 2.23. The van der Waals surface area contributed by atoms with E-state index in [2.05, 4.69) is 18.4 Å². The first-order valence-electron chi connectivity index (χ1n) is 9.69. The Morgan fingerprint density at radius 2 is 1.75 bits per heavy atom. The Morgan fingerprint density at radius 3 is 2.32 bits per heavy atom. The maximum Gasteiger partial charge on any atom is 0.303 e. The van der Waals surface area contributed by atoms with E-state index in [4.69, 9.17) is 5.11 Å². The summed E-state index contributed by atoms with van der Waals surface area (Å²) in [6.07, 6.45) is 4.07. The van der Waals surface area contributed by atoms with Gasteiger partial charge in [0.1, 0.15) is 0 Å². The van der Waals surface area contributed by atoms with E-state index in [0.29, 0.717) is 19.3 Å². The van der Waals surface area contributed by atoms with E-state index >= 15 is 0 Å². The molecule has 5 nitrogen and oxygen atoms in total. The molecule has 2 N–H and O–H groups in total. The number of allylic oxidation sites excluding steroid dienone is 1. The topological polar surface area (TPSA) is 77.8 Å². The summed E-state index contributed by atoms with van der Waals surface area (Å²) in [5.74, 6) is 5.08. The minimum Gasteiger partial charge on any atom is -0.481 e. The number of benzene rings is 1. The second kappa shape index (κ2) is 12.7. The minimum atomic E-state index is -0.792. The Labute approximate surface area is 168 Å². The van der Waals surface area contributed by atoms with Crippen LogP contribution >= 0.6 is 0 Å². The predicted octanol–water partition coefficient (Wildman–Crippen LogP) is 4.47. The van der Waals surface area contributed by atoms with Gasteiger partial charge in [0, 0.05) is 25.5 Å². The smallest absolute Gasteiger partial charge is 0.303 e. The normalized spacial score (nSPS) is 11.2. The van der Waals surface area contributed by atoms with Gasteiger partial charge >= 0.3 is 5.97 Å². The third-order valence-electron chi connectivity index (χ3n) is 4.36. The number of aliphatic carboxylic acids is 1. The van der Waals surface area contributed by atoms with Crippen LogP contribution in [0.2, 0.25) is 0 Å². The molecule has 0 aliphatic carbocycles. The Bertz CT molecular complexity index is 712. The molecule has 0 fully saturated rings. The van der Waals surface area contributed by atoms with Crippen molar-refractivity contribution in [2.75, 3.05) is 11.4 Å². The molecule has 1 atom stereocenters. The maximum atomic E-state index is 11.9. The van der Waals surface area contributed by atoms with Gasteiger partial charge in [-0.2, -0.15) is 0 Å². The lowest BCUT2D eigenvalue weighted by Crippen LogP contribution is -2.28. The molecule has 0 aliphatic rings. The summed E-state index contributed by atoms with van der Waals surface area (Å²) >= 11 is 0. The number of aliphatic hydroxyl groups is 1. The Hall–Kier alpha value is -2.58. The van der Waals surface area contributed by atoms with Crippen molar-refractivity contribution in [2.24, 2.45) is 0 Å². The number of aliphatic hydroxyl groups excluding tert-OH is 1. The van der Waals surface area contributed by atoms with E-state index in [1.807, 2.05) is 31.2 Å². The number of hydrogen-bond acceptors (Lipinski definition) is 3. The molecule has 0 aliphatic heterocycles. The van der Waals surface area contributed by atoms with Gasteiger partial charge in [-0.1, -0.05) is 23.6 Å². The van der Waals surface area contributed by atoms with Crippen LogP contribution in [0.5, 0.6) is 0 Å². The lowest BCUT2D eigenvalue weighted by atomic mass is 10.0. The molecule has 1 aromatic carbocycles. The molecule has 0 radical (unpaired) electrons. The summed E-state index contributed by atoms with van der Waals surface area (Å²) in [7, 11) is 0. The van der Waals surface area contributed by atoms with Gasteiger partial charge in [-0.3, -0.25) is 9.59 Å². The lowest BCUT2D eigenvalue weighted by Gasteiger charge is -2.19. The summed E-state index contributed by atoms with van der Waals surface area (Å²) in [4.78, 5) is 24.0. The molecule has 1 unspecified atom stereocenters. The molecule has 1 amide bonds. The molecule has 0 saturated heterocycles. The van der Waals surface area contributed by atoms with Crippen LogP contribution < -0.4 is 4.90 Å². The molecular formula is C23H31NO4. The van der Waals surface area contributed by atoms with Gasteiger partial charge < -0.3 is 15.1 Å². The van der Waals surface area contributed by atoms with Crippen molar-refractivity contribution in [3.05, 3.63) is 42.0 Å². The fourth-order valence-electron chi connectivity index (χ4n) is 2.74. The lowest BCUT2D eigenvalue weighted by molar-refractivity contribution is -0.137. The van der Waals surface area contributed by atoms with Gasteiger partial charge in [0.25, 0.3) is 0 Å². The van der Waals surface area contributed by atoms with Gasteiger partial charge in [-0.05, 0) is 56.7 Å². The second-order valence-electron chi connectivity index (χ2n) is 7.02. The highest BCUT2D eigenvalue weighted by Gasteiger charge is 2.12. The number of carbonyl (C=O) groups excluding carboxylic acids is 1. The second-order valence-corrected chi connectivity index (χ2v) is 7.02. The Kier molecular flexibility index (Phi) is 10.7. The molecule has 1 rings (SSSR count). The quantitative estimate of drug-likeness (QED) is 0.335. The van der Waals surface area contributed by atoms with E-state index in [0.717, 1.165) is 36.1 Å². The molecule has 0 spiro atoms. The number of carboxylic acid groups (broad SMARTS) is 1. The molecule has 5 heteroatoms. The number of amides is 1. The van der Waals surface area contributed by atoms with E-state index in [1.54, 1.807) is 4.90 Å². The van der Waals surface area contributed by atoms with Crippen molar-refractivity contribution in [1.29, 1.82) is 0 Å². The largest absolute Gasteiger partial charge is 0.481 e. The summed E-state index contributed by atoms with van der Waals surface area (Å²) in [6, 6.07) is 7.34. The van der Waals surface area contributed by atoms with Gasteiger partial charge in [-0.15, -0.1) is 12.5 Å². The number of carboxylic acids is 1. The first kappa shape index (κ1) is 23.5. The maximum absolute atomic E-state index is 11.9. The van der Waals surface area contributed by atoms with Crippen molar-refractivity contribution in [3.8, 4) is 11.8 Å². The minimum absolute atomic E-state index is 0.102. The van der Waals surface area contributed by atoms with Crippen LogP contribution in [-0.2, 0) is 9.59 Å². The molecule has 28 heavy (non-hydrogen) atoms.